The third-order valence-electron chi connectivity index (χ3n) is 4.27. The van der Waals surface area contributed by atoms with Crippen molar-refractivity contribution in [3.05, 3.63) is 108 Å². The number of amides is 1. The fourth-order valence-electron chi connectivity index (χ4n) is 2.97. The van der Waals surface area contributed by atoms with Crippen molar-refractivity contribution in [1.29, 1.82) is 0 Å². The normalized spacial score (nSPS) is 10.8. The number of nitrogens with one attached hydrogen (secondary N) is 1. The van der Waals surface area contributed by atoms with Crippen LogP contribution in [0.2, 0.25) is 0 Å². The minimum atomic E-state index is -0.220. The lowest BCUT2D eigenvalue weighted by Gasteiger charge is -2.20. The molecule has 3 aromatic carbocycles. The van der Waals surface area contributed by atoms with Gasteiger partial charge in [0.25, 0.3) is 5.91 Å². The molecule has 4 heteroatoms. The summed E-state index contributed by atoms with van der Waals surface area (Å²) >= 11 is 0. The molecule has 1 N–H and O–H groups in total. The highest BCUT2D eigenvalue weighted by atomic mass is 16.1. The van der Waals surface area contributed by atoms with Crippen molar-refractivity contribution in [2.24, 2.45) is 0 Å². The van der Waals surface area contributed by atoms with Crippen molar-refractivity contribution < 1.29 is 4.79 Å². The summed E-state index contributed by atoms with van der Waals surface area (Å²) in [4.78, 5) is 21.4. The fourth-order valence-corrected chi connectivity index (χ4v) is 2.97. The fraction of sp³-hybridized carbons (Fsp3) is 0.0455. The second kappa shape index (κ2) is 7.15. The minimum absolute atomic E-state index is 0.143. The summed E-state index contributed by atoms with van der Waals surface area (Å²) < 4.78 is 0. The van der Waals surface area contributed by atoms with Crippen LogP contribution >= 0.6 is 0 Å². The third kappa shape index (κ3) is 3.30. The molecule has 0 aliphatic heterocycles. The van der Waals surface area contributed by atoms with Crippen LogP contribution in [0.4, 0.5) is 0 Å². The van der Waals surface area contributed by atoms with Gasteiger partial charge in [-0.1, -0.05) is 60.7 Å². The first-order valence-electron chi connectivity index (χ1n) is 8.43. The standard InChI is InChI=1S/C22H17N3O/c26-22(18-11-12-19-20(15-18)24-14-13-23-19)25-21(16-7-3-1-4-8-16)17-9-5-2-6-10-17/h1-15,21H,(H,25,26). The van der Waals surface area contributed by atoms with Gasteiger partial charge in [0.2, 0.25) is 0 Å². The Morgan fingerprint density at radius 2 is 1.31 bits per heavy atom. The van der Waals surface area contributed by atoms with Gasteiger partial charge in [0.15, 0.2) is 0 Å². The molecular formula is C22H17N3O. The smallest absolute Gasteiger partial charge is 0.252 e. The zero-order valence-electron chi connectivity index (χ0n) is 14.0. The molecule has 126 valence electrons. The Hall–Kier alpha value is -3.53. The molecule has 4 aromatic rings. The molecule has 0 unspecified atom stereocenters. The third-order valence-corrected chi connectivity index (χ3v) is 4.27. The monoisotopic (exact) mass is 339 g/mol. The molecule has 4 nitrogen and oxygen atoms in total. The summed E-state index contributed by atoms with van der Waals surface area (Å²) in [5.74, 6) is -0.143. The lowest BCUT2D eigenvalue weighted by Crippen LogP contribution is -2.29. The molecule has 1 heterocycles. The number of hydrogen-bond donors (Lipinski definition) is 1. The van der Waals surface area contributed by atoms with Gasteiger partial charge in [0.05, 0.1) is 17.1 Å². The topological polar surface area (TPSA) is 54.9 Å². The van der Waals surface area contributed by atoms with Gasteiger partial charge < -0.3 is 5.32 Å². The Bertz CT molecular complexity index is 993. The Morgan fingerprint density at radius 1 is 0.731 bits per heavy atom. The quantitative estimate of drug-likeness (QED) is 0.608. The van der Waals surface area contributed by atoms with Gasteiger partial charge in [-0.2, -0.15) is 0 Å². The van der Waals surface area contributed by atoms with E-state index >= 15 is 0 Å². The first kappa shape index (κ1) is 16.0. The largest absolute Gasteiger partial charge is 0.341 e. The van der Waals surface area contributed by atoms with E-state index in [2.05, 4.69) is 15.3 Å². The van der Waals surface area contributed by atoms with Crippen molar-refractivity contribution in [2.75, 3.05) is 0 Å². The van der Waals surface area contributed by atoms with Crippen LogP contribution < -0.4 is 5.32 Å². The Morgan fingerprint density at radius 3 is 1.92 bits per heavy atom. The van der Waals surface area contributed by atoms with E-state index in [1.54, 1.807) is 24.5 Å². The molecule has 1 amide bonds. The maximum Gasteiger partial charge on any atom is 0.252 e. The Labute approximate surface area is 151 Å². The molecule has 0 saturated carbocycles. The Balaban J connectivity index is 1.67. The SMILES string of the molecule is O=C(NC(c1ccccc1)c1ccccc1)c1ccc2nccnc2c1. The summed E-state index contributed by atoms with van der Waals surface area (Å²) in [5.41, 5.74) is 4.11. The number of hydrogen-bond acceptors (Lipinski definition) is 3. The van der Waals surface area contributed by atoms with Gasteiger partial charge in [0.1, 0.15) is 0 Å². The summed E-state index contributed by atoms with van der Waals surface area (Å²) in [6.07, 6.45) is 3.27. The van der Waals surface area contributed by atoms with Gasteiger partial charge in [-0.15, -0.1) is 0 Å². The number of aromatic nitrogens is 2. The first-order chi connectivity index (χ1) is 12.8. The summed E-state index contributed by atoms with van der Waals surface area (Å²) in [5, 5.41) is 3.14. The number of nitrogens with zero attached hydrogens (tertiary/aromatic N) is 2. The van der Waals surface area contributed by atoms with E-state index in [1.807, 2.05) is 66.7 Å². The molecule has 1 aromatic heterocycles. The van der Waals surface area contributed by atoms with Crippen molar-refractivity contribution in [3.63, 3.8) is 0 Å². The summed E-state index contributed by atoms with van der Waals surface area (Å²) in [7, 11) is 0. The molecule has 0 radical (unpaired) electrons. The molecular weight excluding hydrogens is 322 g/mol. The molecule has 0 aliphatic rings. The van der Waals surface area contributed by atoms with Crippen LogP contribution in [0.3, 0.4) is 0 Å². The van der Waals surface area contributed by atoms with E-state index in [-0.39, 0.29) is 11.9 Å². The summed E-state index contributed by atoms with van der Waals surface area (Å²) in [6.45, 7) is 0. The van der Waals surface area contributed by atoms with Crippen LogP contribution in [-0.2, 0) is 0 Å². The molecule has 0 atom stereocenters. The predicted octanol–water partition coefficient (Wildman–Crippen LogP) is 4.15. The van der Waals surface area contributed by atoms with Crippen LogP contribution in [0.5, 0.6) is 0 Å². The van der Waals surface area contributed by atoms with Crippen LogP contribution in [-0.4, -0.2) is 15.9 Å². The number of carbonyl (C=O) groups is 1. The zero-order valence-corrected chi connectivity index (χ0v) is 14.0. The summed E-state index contributed by atoms with van der Waals surface area (Å²) in [6, 6.07) is 25.0. The van der Waals surface area contributed by atoms with Crippen LogP contribution in [0.25, 0.3) is 11.0 Å². The lowest BCUT2D eigenvalue weighted by molar-refractivity contribution is 0.0943. The van der Waals surface area contributed by atoms with Gasteiger partial charge in [-0.05, 0) is 29.3 Å². The van der Waals surface area contributed by atoms with Gasteiger partial charge in [-0.3, -0.25) is 14.8 Å². The maximum absolute atomic E-state index is 12.9. The lowest BCUT2D eigenvalue weighted by atomic mass is 9.98. The second-order valence-corrected chi connectivity index (χ2v) is 5.99. The van der Waals surface area contributed by atoms with Crippen LogP contribution in [0.15, 0.2) is 91.3 Å². The molecule has 0 spiro atoms. The minimum Gasteiger partial charge on any atom is -0.341 e. The van der Waals surface area contributed by atoms with E-state index < -0.39 is 0 Å². The number of rotatable bonds is 4. The zero-order chi connectivity index (χ0) is 17.8. The van der Waals surface area contributed by atoms with E-state index in [4.69, 9.17) is 0 Å². The van der Waals surface area contributed by atoms with Crippen molar-refractivity contribution in [2.45, 2.75) is 6.04 Å². The number of benzene rings is 3. The van der Waals surface area contributed by atoms with Crippen LogP contribution in [0.1, 0.15) is 27.5 Å². The maximum atomic E-state index is 12.9. The van der Waals surface area contributed by atoms with Gasteiger partial charge in [-0.25, -0.2) is 0 Å². The highest BCUT2D eigenvalue weighted by molar-refractivity contribution is 5.97. The van der Waals surface area contributed by atoms with Crippen molar-refractivity contribution in [3.8, 4) is 0 Å². The number of carbonyl (C=O) groups excluding carboxylic acids is 1. The van der Waals surface area contributed by atoms with E-state index in [0.29, 0.717) is 11.1 Å². The van der Waals surface area contributed by atoms with Crippen LogP contribution in [0, 0.1) is 0 Å². The number of fused-ring (bicyclic) bond motifs is 1. The molecule has 0 aliphatic carbocycles. The van der Waals surface area contributed by atoms with Crippen molar-refractivity contribution in [1.82, 2.24) is 15.3 Å². The average molecular weight is 339 g/mol. The van der Waals surface area contributed by atoms with E-state index in [1.165, 1.54) is 0 Å². The molecule has 0 fully saturated rings. The molecule has 26 heavy (non-hydrogen) atoms. The van der Waals surface area contributed by atoms with Gasteiger partial charge in [0, 0.05) is 18.0 Å². The van der Waals surface area contributed by atoms with Gasteiger partial charge >= 0.3 is 0 Å². The Kier molecular flexibility index (Phi) is 4.39. The highest BCUT2D eigenvalue weighted by Crippen LogP contribution is 2.22. The molecule has 0 bridgehead atoms. The first-order valence-corrected chi connectivity index (χ1v) is 8.43. The second-order valence-electron chi connectivity index (χ2n) is 5.99. The predicted molar refractivity (Wildman–Crippen MR) is 102 cm³/mol. The molecule has 4 rings (SSSR count). The molecule has 0 saturated heterocycles. The van der Waals surface area contributed by atoms with E-state index in [9.17, 15) is 4.79 Å². The van der Waals surface area contributed by atoms with E-state index in [0.717, 1.165) is 16.6 Å². The average Bonchev–Trinajstić information content (AvgIpc) is 2.72. The highest BCUT2D eigenvalue weighted by Gasteiger charge is 2.17. The van der Waals surface area contributed by atoms with Crippen molar-refractivity contribution >= 4 is 16.9 Å².